The van der Waals surface area contributed by atoms with E-state index >= 15 is 0 Å². The van der Waals surface area contributed by atoms with E-state index in [2.05, 4.69) is 4.72 Å². The molecule has 0 radical (unpaired) electrons. The Kier molecular flexibility index (Phi) is 5.87. The van der Waals surface area contributed by atoms with Crippen LogP contribution in [0.2, 0.25) is 0 Å². The Labute approximate surface area is 188 Å². The Morgan fingerprint density at radius 2 is 1.66 bits per heavy atom. The largest absolute Gasteiger partial charge is 0.497 e. The molecule has 1 N–H and O–H groups in total. The number of hydrogen-bond donors (Lipinski definition) is 1. The molecule has 3 aromatic rings. The summed E-state index contributed by atoms with van der Waals surface area (Å²) in [5, 5.41) is 0. The SMILES string of the molecule is COc1ccc(S(=O)(=O)N2CCCc3ccc(NS(=O)(=O)c4cccc(C)c4)cc32)cc1. The van der Waals surface area contributed by atoms with Crippen molar-refractivity contribution in [3.8, 4) is 5.75 Å². The van der Waals surface area contributed by atoms with Crippen molar-refractivity contribution in [1.82, 2.24) is 0 Å². The molecule has 0 saturated carbocycles. The zero-order valence-corrected chi connectivity index (χ0v) is 19.4. The van der Waals surface area contributed by atoms with Crippen LogP contribution in [0, 0.1) is 6.92 Å². The van der Waals surface area contributed by atoms with E-state index in [0.29, 0.717) is 30.1 Å². The Morgan fingerprint density at radius 3 is 2.34 bits per heavy atom. The predicted octanol–water partition coefficient (Wildman–Crippen LogP) is 3.95. The summed E-state index contributed by atoms with van der Waals surface area (Å²) in [5.41, 5.74) is 2.47. The summed E-state index contributed by atoms with van der Waals surface area (Å²) in [7, 11) is -6.11. The van der Waals surface area contributed by atoms with Crippen LogP contribution in [0.1, 0.15) is 17.5 Å². The molecular formula is C23H24N2O5S2. The lowest BCUT2D eigenvalue weighted by Crippen LogP contribution is -2.35. The van der Waals surface area contributed by atoms with Gasteiger partial charge in [-0.05, 0) is 79.4 Å². The van der Waals surface area contributed by atoms with Crippen molar-refractivity contribution < 1.29 is 21.6 Å². The number of hydrogen-bond acceptors (Lipinski definition) is 5. The monoisotopic (exact) mass is 472 g/mol. The third-order valence-electron chi connectivity index (χ3n) is 5.36. The molecule has 0 spiro atoms. The van der Waals surface area contributed by atoms with Crippen LogP contribution in [0.5, 0.6) is 5.75 Å². The molecule has 1 aliphatic rings. The smallest absolute Gasteiger partial charge is 0.264 e. The second-order valence-electron chi connectivity index (χ2n) is 7.62. The molecule has 0 amide bonds. The van der Waals surface area contributed by atoms with Gasteiger partial charge in [0.15, 0.2) is 0 Å². The summed E-state index contributed by atoms with van der Waals surface area (Å²) < 4.78 is 61.4. The van der Waals surface area contributed by atoms with Crippen LogP contribution >= 0.6 is 0 Å². The molecule has 0 aromatic heterocycles. The van der Waals surface area contributed by atoms with Gasteiger partial charge in [-0.1, -0.05) is 18.2 Å². The molecule has 0 atom stereocenters. The highest BCUT2D eigenvalue weighted by Gasteiger charge is 2.29. The van der Waals surface area contributed by atoms with Gasteiger partial charge in [0.1, 0.15) is 5.75 Å². The lowest BCUT2D eigenvalue weighted by molar-refractivity contribution is 0.414. The van der Waals surface area contributed by atoms with Crippen LogP contribution in [-0.2, 0) is 26.5 Å². The fourth-order valence-corrected chi connectivity index (χ4v) is 6.41. The zero-order chi connectivity index (χ0) is 22.9. The zero-order valence-electron chi connectivity index (χ0n) is 17.8. The van der Waals surface area contributed by atoms with Gasteiger partial charge in [0, 0.05) is 6.54 Å². The number of anilines is 2. The number of sulfonamides is 2. The standard InChI is InChI=1S/C23H24N2O5S2/c1-17-5-3-7-22(15-17)31(26,27)24-19-9-8-18-6-4-14-25(23(18)16-19)32(28,29)21-12-10-20(30-2)11-13-21/h3,5,7-13,15-16,24H,4,6,14H2,1-2H3. The van der Waals surface area contributed by atoms with E-state index in [4.69, 9.17) is 4.74 Å². The van der Waals surface area contributed by atoms with Crippen LogP contribution in [0.25, 0.3) is 0 Å². The van der Waals surface area contributed by atoms with Crippen LogP contribution in [0.15, 0.2) is 76.5 Å². The van der Waals surface area contributed by atoms with Gasteiger partial charge in [0.25, 0.3) is 20.0 Å². The molecule has 32 heavy (non-hydrogen) atoms. The van der Waals surface area contributed by atoms with E-state index in [0.717, 1.165) is 17.5 Å². The fraction of sp³-hybridized carbons (Fsp3) is 0.217. The van der Waals surface area contributed by atoms with Gasteiger partial charge in [0.05, 0.1) is 28.3 Å². The number of ether oxygens (including phenoxy) is 1. The number of nitrogens with zero attached hydrogens (tertiary/aromatic N) is 1. The van der Waals surface area contributed by atoms with E-state index in [-0.39, 0.29) is 9.79 Å². The Balaban J connectivity index is 1.69. The summed E-state index contributed by atoms with van der Waals surface area (Å²) in [6, 6.07) is 17.8. The first-order chi connectivity index (χ1) is 15.2. The van der Waals surface area contributed by atoms with E-state index in [1.807, 2.05) is 13.0 Å². The highest BCUT2D eigenvalue weighted by Crippen LogP contribution is 2.35. The second kappa shape index (κ2) is 8.48. The maximum atomic E-state index is 13.4. The second-order valence-corrected chi connectivity index (χ2v) is 11.2. The van der Waals surface area contributed by atoms with Crippen molar-refractivity contribution >= 4 is 31.4 Å². The normalized spacial score (nSPS) is 14.0. The molecule has 4 rings (SSSR count). The van der Waals surface area contributed by atoms with Crippen LogP contribution < -0.4 is 13.8 Å². The molecular weight excluding hydrogens is 448 g/mol. The van der Waals surface area contributed by atoms with E-state index in [1.165, 1.54) is 29.6 Å². The first kappa shape index (κ1) is 22.2. The number of nitrogens with one attached hydrogen (secondary N) is 1. The van der Waals surface area contributed by atoms with Gasteiger partial charge < -0.3 is 4.74 Å². The first-order valence-corrected chi connectivity index (χ1v) is 13.0. The van der Waals surface area contributed by atoms with Gasteiger partial charge in [-0.15, -0.1) is 0 Å². The van der Waals surface area contributed by atoms with Gasteiger partial charge >= 0.3 is 0 Å². The lowest BCUT2D eigenvalue weighted by Gasteiger charge is -2.31. The van der Waals surface area contributed by atoms with Crippen LogP contribution in [0.4, 0.5) is 11.4 Å². The van der Waals surface area contributed by atoms with Crippen molar-refractivity contribution in [2.24, 2.45) is 0 Å². The number of rotatable bonds is 6. The minimum Gasteiger partial charge on any atom is -0.497 e. The minimum absolute atomic E-state index is 0.150. The Bertz CT molecular complexity index is 1350. The summed E-state index contributed by atoms with van der Waals surface area (Å²) >= 11 is 0. The van der Waals surface area contributed by atoms with E-state index in [9.17, 15) is 16.8 Å². The third-order valence-corrected chi connectivity index (χ3v) is 8.57. The van der Waals surface area contributed by atoms with Gasteiger partial charge in [-0.25, -0.2) is 16.8 Å². The van der Waals surface area contributed by atoms with Gasteiger partial charge in [0.2, 0.25) is 0 Å². The van der Waals surface area contributed by atoms with E-state index in [1.54, 1.807) is 42.5 Å². The average molecular weight is 473 g/mol. The molecule has 0 bridgehead atoms. The first-order valence-electron chi connectivity index (χ1n) is 10.1. The minimum atomic E-state index is -3.82. The van der Waals surface area contributed by atoms with Crippen molar-refractivity contribution in [2.75, 3.05) is 22.7 Å². The highest BCUT2D eigenvalue weighted by molar-refractivity contribution is 7.93. The number of benzene rings is 3. The molecule has 1 aliphatic heterocycles. The molecule has 7 nitrogen and oxygen atoms in total. The molecule has 0 saturated heterocycles. The summed E-state index contributed by atoms with van der Waals surface area (Å²) in [4.78, 5) is 0.301. The van der Waals surface area contributed by atoms with Gasteiger partial charge in [-0.2, -0.15) is 0 Å². The topological polar surface area (TPSA) is 92.8 Å². The van der Waals surface area contributed by atoms with Gasteiger partial charge in [-0.3, -0.25) is 9.03 Å². The Morgan fingerprint density at radius 1 is 0.906 bits per heavy atom. The van der Waals surface area contributed by atoms with Crippen molar-refractivity contribution in [2.45, 2.75) is 29.6 Å². The van der Waals surface area contributed by atoms with Crippen molar-refractivity contribution in [3.63, 3.8) is 0 Å². The maximum Gasteiger partial charge on any atom is 0.264 e. The Hall–Kier alpha value is -3.04. The molecule has 3 aromatic carbocycles. The lowest BCUT2D eigenvalue weighted by atomic mass is 10.0. The molecule has 0 aliphatic carbocycles. The maximum absolute atomic E-state index is 13.4. The fourth-order valence-electron chi connectivity index (χ4n) is 3.73. The van der Waals surface area contributed by atoms with Crippen molar-refractivity contribution in [1.29, 1.82) is 0 Å². The average Bonchev–Trinajstić information content (AvgIpc) is 2.78. The number of methoxy groups -OCH3 is 1. The summed E-state index contributed by atoms with van der Waals surface area (Å²) in [5.74, 6) is 0.566. The predicted molar refractivity (Wildman–Crippen MR) is 124 cm³/mol. The molecule has 1 heterocycles. The summed E-state index contributed by atoms with van der Waals surface area (Å²) in [6.07, 6.45) is 1.39. The van der Waals surface area contributed by atoms with E-state index < -0.39 is 20.0 Å². The third kappa shape index (κ3) is 4.31. The number of fused-ring (bicyclic) bond motifs is 1. The van der Waals surface area contributed by atoms with Crippen molar-refractivity contribution in [3.05, 3.63) is 77.9 Å². The quantitative estimate of drug-likeness (QED) is 0.587. The number of aryl methyl sites for hydroxylation is 2. The molecule has 0 unspecified atom stereocenters. The molecule has 168 valence electrons. The van der Waals surface area contributed by atoms with Crippen LogP contribution in [0.3, 0.4) is 0 Å². The van der Waals surface area contributed by atoms with Crippen LogP contribution in [-0.4, -0.2) is 30.5 Å². The highest BCUT2D eigenvalue weighted by atomic mass is 32.2. The summed E-state index contributed by atoms with van der Waals surface area (Å²) in [6.45, 7) is 2.13. The molecule has 9 heteroatoms. The molecule has 0 fully saturated rings.